The topological polar surface area (TPSA) is 116 Å². The van der Waals surface area contributed by atoms with Gasteiger partial charge in [-0.2, -0.15) is 15.2 Å². The molecule has 0 amide bonds. The van der Waals surface area contributed by atoms with E-state index in [4.69, 9.17) is 15.5 Å². The van der Waals surface area contributed by atoms with Crippen molar-refractivity contribution in [1.82, 2.24) is 25.2 Å². The Morgan fingerprint density at radius 1 is 1.16 bits per heavy atom. The first kappa shape index (κ1) is 27.7. The van der Waals surface area contributed by atoms with E-state index >= 15 is 8.78 Å². The van der Waals surface area contributed by atoms with Crippen LogP contribution in [0.25, 0.3) is 32.2 Å². The average Bonchev–Trinajstić information content (AvgIpc) is 3.73. The quantitative estimate of drug-likeness (QED) is 0.306. The number of piperazine rings is 1. The molecule has 7 heterocycles. The van der Waals surface area contributed by atoms with Crippen LogP contribution >= 0.6 is 11.3 Å². The van der Waals surface area contributed by atoms with Gasteiger partial charge in [-0.05, 0) is 32.2 Å². The number of aromatic nitrogens is 3. The molecule has 4 fully saturated rings. The number of nitrogen functional groups attached to an aromatic ring is 1. The molecule has 9 nitrogen and oxygen atoms in total. The van der Waals surface area contributed by atoms with Crippen molar-refractivity contribution in [2.24, 2.45) is 0 Å². The summed E-state index contributed by atoms with van der Waals surface area (Å²) >= 11 is 0.787. The van der Waals surface area contributed by atoms with Gasteiger partial charge in [0.05, 0.1) is 21.2 Å². The number of hydrogen-bond acceptors (Lipinski definition) is 10. The molecule has 228 valence electrons. The molecule has 4 aliphatic rings. The van der Waals surface area contributed by atoms with Crippen LogP contribution in [-0.2, 0) is 0 Å². The van der Waals surface area contributed by atoms with Crippen LogP contribution in [0.1, 0.15) is 37.7 Å². The molecule has 3 aromatic heterocycles. The van der Waals surface area contributed by atoms with E-state index in [1.165, 1.54) is 6.20 Å². The Balaban J connectivity index is 1.28. The summed E-state index contributed by atoms with van der Waals surface area (Å²) in [5, 5.41) is 13.5. The van der Waals surface area contributed by atoms with Gasteiger partial charge in [-0.15, -0.1) is 11.3 Å². The summed E-state index contributed by atoms with van der Waals surface area (Å²) in [4.78, 5) is 17.7. The lowest BCUT2D eigenvalue weighted by atomic mass is 9.95. The van der Waals surface area contributed by atoms with Crippen molar-refractivity contribution in [3.63, 3.8) is 0 Å². The Morgan fingerprint density at radius 3 is 2.73 bits per heavy atom. The van der Waals surface area contributed by atoms with Crippen LogP contribution in [0.3, 0.4) is 0 Å². The van der Waals surface area contributed by atoms with E-state index in [1.54, 1.807) is 0 Å². The van der Waals surface area contributed by atoms with Gasteiger partial charge in [0.1, 0.15) is 52.5 Å². The highest BCUT2D eigenvalue weighted by Crippen LogP contribution is 2.44. The van der Waals surface area contributed by atoms with Crippen molar-refractivity contribution in [1.29, 1.82) is 5.26 Å². The lowest BCUT2D eigenvalue weighted by Crippen LogP contribution is -2.51. The fourth-order valence-corrected chi connectivity index (χ4v) is 8.62. The molecular formula is C30H28F4N8OS. The molecule has 4 aromatic rings. The summed E-state index contributed by atoms with van der Waals surface area (Å²) in [6.45, 7) is 2.57. The van der Waals surface area contributed by atoms with Crippen molar-refractivity contribution in [2.45, 2.75) is 55.9 Å². The molecule has 14 heteroatoms. The molecule has 4 aliphatic heterocycles. The first-order valence-electron chi connectivity index (χ1n) is 14.7. The van der Waals surface area contributed by atoms with Crippen LogP contribution in [0, 0.1) is 28.8 Å². The van der Waals surface area contributed by atoms with Gasteiger partial charge in [-0.3, -0.25) is 9.88 Å². The third-order valence-corrected chi connectivity index (χ3v) is 10.7. The fraction of sp³-hybridized carbons (Fsp3) is 0.467. The van der Waals surface area contributed by atoms with Gasteiger partial charge in [0.25, 0.3) is 0 Å². The number of pyridine rings is 1. The molecule has 2 unspecified atom stereocenters. The fourth-order valence-electron chi connectivity index (χ4n) is 7.69. The Labute approximate surface area is 253 Å². The third kappa shape index (κ3) is 4.20. The lowest BCUT2D eigenvalue weighted by Gasteiger charge is -2.34. The van der Waals surface area contributed by atoms with Crippen LogP contribution < -0.4 is 20.7 Å². The molecular weight excluding hydrogens is 596 g/mol. The first-order valence-corrected chi connectivity index (χ1v) is 15.6. The second-order valence-electron chi connectivity index (χ2n) is 12.3. The Morgan fingerprint density at radius 2 is 1.95 bits per heavy atom. The predicted molar refractivity (Wildman–Crippen MR) is 158 cm³/mol. The summed E-state index contributed by atoms with van der Waals surface area (Å²) in [5.74, 6) is -2.50. The summed E-state index contributed by atoms with van der Waals surface area (Å²) < 4.78 is 67.4. The monoisotopic (exact) mass is 624 g/mol. The number of ether oxygens (including phenoxy) is 1. The lowest BCUT2D eigenvalue weighted by molar-refractivity contribution is 0.107. The molecule has 0 radical (unpaired) electrons. The maximum atomic E-state index is 16.6. The highest BCUT2D eigenvalue weighted by atomic mass is 32.1. The number of nitriles is 1. The summed E-state index contributed by atoms with van der Waals surface area (Å²) in [5.41, 5.74) is 4.40. The van der Waals surface area contributed by atoms with E-state index in [1.807, 2.05) is 6.07 Å². The Kier molecular flexibility index (Phi) is 6.37. The van der Waals surface area contributed by atoms with Gasteiger partial charge < -0.3 is 20.7 Å². The van der Waals surface area contributed by atoms with Gasteiger partial charge in [0.15, 0.2) is 5.82 Å². The van der Waals surface area contributed by atoms with Crippen molar-refractivity contribution < 1.29 is 22.3 Å². The van der Waals surface area contributed by atoms with E-state index < -0.39 is 34.9 Å². The first-order chi connectivity index (χ1) is 21.2. The molecule has 0 saturated carbocycles. The molecule has 3 N–H and O–H groups in total. The zero-order valence-electron chi connectivity index (χ0n) is 23.5. The Hall–Kier alpha value is -3.80. The normalized spacial score (nSPS) is 26.5. The van der Waals surface area contributed by atoms with E-state index in [9.17, 15) is 14.0 Å². The number of alkyl halides is 1. The SMILES string of the molecule is N#Cc1c(N)sc2c(F)cc(F)c(-c3ncc4c(N5CC6CCC(C5)N6)nc(OC[C@@]56CCCN5C[C@H](F)C6)nc4c3F)c12. The predicted octanol–water partition coefficient (Wildman–Crippen LogP) is 4.67. The number of benzene rings is 1. The number of thiophene rings is 1. The van der Waals surface area contributed by atoms with Crippen LogP contribution in [-0.4, -0.2) is 76.4 Å². The van der Waals surface area contributed by atoms with Crippen molar-refractivity contribution in [3.8, 4) is 23.3 Å². The molecule has 0 aliphatic carbocycles. The van der Waals surface area contributed by atoms with E-state index in [0.29, 0.717) is 43.3 Å². The maximum absolute atomic E-state index is 16.6. The van der Waals surface area contributed by atoms with E-state index in [2.05, 4.69) is 25.1 Å². The molecule has 8 rings (SSSR count). The summed E-state index contributed by atoms with van der Waals surface area (Å²) in [6, 6.07) is 2.97. The minimum Gasteiger partial charge on any atom is -0.461 e. The summed E-state index contributed by atoms with van der Waals surface area (Å²) in [6.07, 6.45) is 4.53. The minimum atomic E-state index is -1.08. The number of anilines is 2. The molecule has 4 saturated heterocycles. The molecule has 1 aromatic carbocycles. The number of halogens is 4. The van der Waals surface area contributed by atoms with E-state index in [0.717, 1.165) is 43.6 Å². The molecule has 2 bridgehead atoms. The van der Waals surface area contributed by atoms with Crippen molar-refractivity contribution in [2.75, 3.05) is 43.4 Å². The van der Waals surface area contributed by atoms with Gasteiger partial charge in [0, 0.05) is 61.4 Å². The largest absolute Gasteiger partial charge is 0.461 e. The van der Waals surface area contributed by atoms with Gasteiger partial charge in [-0.1, -0.05) is 0 Å². The Bertz CT molecular complexity index is 1870. The number of nitrogens with zero attached hydrogens (tertiary/aromatic N) is 6. The molecule has 44 heavy (non-hydrogen) atoms. The second kappa shape index (κ2) is 10.1. The third-order valence-electron chi connectivity index (χ3n) is 9.63. The van der Waals surface area contributed by atoms with Crippen molar-refractivity contribution in [3.05, 3.63) is 35.3 Å². The number of fused-ring (bicyclic) bond motifs is 5. The number of rotatable bonds is 5. The zero-order valence-corrected chi connectivity index (χ0v) is 24.4. The molecule has 0 spiro atoms. The van der Waals surface area contributed by atoms with Crippen LogP contribution in [0.4, 0.5) is 28.4 Å². The number of hydrogen-bond donors (Lipinski definition) is 2. The number of nitrogens with two attached hydrogens (primary N) is 1. The van der Waals surface area contributed by atoms with Crippen LogP contribution in [0.5, 0.6) is 6.01 Å². The smallest absolute Gasteiger partial charge is 0.319 e. The van der Waals surface area contributed by atoms with Gasteiger partial charge >= 0.3 is 6.01 Å². The standard InChI is InChI=1S/C30H28F4N8OS/c31-14-7-30(4-1-5-42(30)10-14)13-43-29-39-24-18(28(40-29)41-11-15-2-3-16(12-41)38-15)9-37-25(23(24)34)22-19(32)6-20(33)26-21(22)17(8-35)27(36)44-26/h6,9,14-16,38H,1-5,7,10-13,36H2/t14-,15?,16?,30+/m1/s1. The van der Waals surface area contributed by atoms with E-state index in [-0.39, 0.29) is 56.4 Å². The number of nitrogens with one attached hydrogen (secondary N) is 1. The van der Waals surface area contributed by atoms with Gasteiger partial charge in [-0.25, -0.2) is 17.6 Å². The second-order valence-corrected chi connectivity index (χ2v) is 13.3. The minimum absolute atomic E-state index is 0.00848. The maximum Gasteiger partial charge on any atom is 0.319 e. The molecule has 4 atom stereocenters. The highest BCUT2D eigenvalue weighted by molar-refractivity contribution is 7.23. The summed E-state index contributed by atoms with van der Waals surface area (Å²) in [7, 11) is 0. The van der Waals surface area contributed by atoms with Crippen LogP contribution in [0.2, 0.25) is 0 Å². The average molecular weight is 625 g/mol. The van der Waals surface area contributed by atoms with Crippen LogP contribution in [0.15, 0.2) is 12.3 Å². The zero-order chi connectivity index (χ0) is 30.3. The van der Waals surface area contributed by atoms with Crippen molar-refractivity contribution >= 4 is 43.1 Å². The van der Waals surface area contributed by atoms with Gasteiger partial charge in [0.2, 0.25) is 0 Å². The highest BCUT2D eigenvalue weighted by Gasteiger charge is 2.49.